The SMILES string of the molecule is CC1CCCC(C)N(C(=O)C(O)C(O)c2nc3ccccc3s2)C1. The number of aromatic nitrogens is 1. The minimum Gasteiger partial charge on any atom is -0.383 e. The number of carbonyl (C=O) groups excluding carboxylic acids is 1. The number of aliphatic hydroxyl groups is 2. The zero-order valence-electron chi connectivity index (χ0n) is 14.1. The first-order valence-corrected chi connectivity index (χ1v) is 9.31. The molecule has 1 aliphatic rings. The third-order valence-electron chi connectivity index (χ3n) is 4.76. The van der Waals surface area contributed by atoms with Gasteiger partial charge in [0.1, 0.15) is 11.1 Å². The maximum Gasteiger partial charge on any atom is 0.254 e. The minimum atomic E-state index is -1.47. The van der Waals surface area contributed by atoms with Crippen molar-refractivity contribution in [1.82, 2.24) is 9.88 Å². The van der Waals surface area contributed by atoms with E-state index in [0.29, 0.717) is 17.5 Å². The Morgan fingerprint density at radius 2 is 2.04 bits per heavy atom. The van der Waals surface area contributed by atoms with Crippen LogP contribution in [0.4, 0.5) is 0 Å². The van der Waals surface area contributed by atoms with Crippen molar-refractivity contribution in [3.05, 3.63) is 29.3 Å². The predicted molar refractivity (Wildman–Crippen MR) is 94.8 cm³/mol. The smallest absolute Gasteiger partial charge is 0.254 e. The van der Waals surface area contributed by atoms with Gasteiger partial charge in [0.25, 0.3) is 5.91 Å². The van der Waals surface area contributed by atoms with E-state index < -0.39 is 18.1 Å². The van der Waals surface area contributed by atoms with Gasteiger partial charge in [-0.15, -0.1) is 11.3 Å². The Labute approximate surface area is 145 Å². The maximum absolute atomic E-state index is 12.7. The summed E-state index contributed by atoms with van der Waals surface area (Å²) in [5.74, 6) is 0.00806. The molecule has 1 aromatic carbocycles. The lowest BCUT2D eigenvalue weighted by Gasteiger charge is -2.31. The van der Waals surface area contributed by atoms with E-state index in [4.69, 9.17) is 0 Å². The van der Waals surface area contributed by atoms with E-state index in [1.165, 1.54) is 11.3 Å². The number of benzene rings is 1. The molecular formula is C18H24N2O3S. The predicted octanol–water partition coefficient (Wildman–Crippen LogP) is 2.73. The molecule has 2 aromatic rings. The highest BCUT2D eigenvalue weighted by molar-refractivity contribution is 7.18. The largest absolute Gasteiger partial charge is 0.383 e. The number of hydrogen-bond acceptors (Lipinski definition) is 5. The Balaban J connectivity index is 1.78. The van der Waals surface area contributed by atoms with E-state index >= 15 is 0 Å². The van der Waals surface area contributed by atoms with E-state index in [2.05, 4.69) is 11.9 Å². The molecule has 6 heteroatoms. The number of amides is 1. The summed E-state index contributed by atoms with van der Waals surface area (Å²) in [5, 5.41) is 21.3. The Hall–Kier alpha value is -1.50. The van der Waals surface area contributed by atoms with E-state index in [1.54, 1.807) is 4.90 Å². The summed E-state index contributed by atoms with van der Waals surface area (Å²) in [4.78, 5) is 18.8. The average molecular weight is 348 g/mol. The molecule has 2 N–H and O–H groups in total. The molecule has 4 atom stereocenters. The Morgan fingerprint density at radius 3 is 2.79 bits per heavy atom. The summed E-state index contributed by atoms with van der Waals surface area (Å²) >= 11 is 1.31. The van der Waals surface area contributed by atoms with Crippen LogP contribution in [0, 0.1) is 5.92 Å². The molecule has 5 nitrogen and oxygen atoms in total. The lowest BCUT2D eigenvalue weighted by Crippen LogP contribution is -2.47. The summed E-state index contributed by atoms with van der Waals surface area (Å²) < 4.78 is 0.933. The van der Waals surface area contributed by atoms with E-state index in [0.717, 1.165) is 29.5 Å². The lowest BCUT2D eigenvalue weighted by molar-refractivity contribution is -0.149. The van der Waals surface area contributed by atoms with Crippen molar-refractivity contribution in [2.75, 3.05) is 6.54 Å². The molecule has 1 saturated heterocycles. The van der Waals surface area contributed by atoms with Crippen LogP contribution in [0.2, 0.25) is 0 Å². The normalized spacial score (nSPS) is 24.6. The topological polar surface area (TPSA) is 73.7 Å². The quantitative estimate of drug-likeness (QED) is 0.894. The zero-order valence-corrected chi connectivity index (χ0v) is 14.9. The van der Waals surface area contributed by atoms with Crippen molar-refractivity contribution in [2.24, 2.45) is 5.92 Å². The fourth-order valence-corrected chi connectivity index (χ4v) is 4.27. The molecule has 24 heavy (non-hydrogen) atoms. The van der Waals surface area contributed by atoms with Gasteiger partial charge in [-0.05, 0) is 37.8 Å². The van der Waals surface area contributed by atoms with E-state index in [1.807, 2.05) is 31.2 Å². The summed E-state index contributed by atoms with van der Waals surface area (Å²) in [6, 6.07) is 7.63. The maximum atomic E-state index is 12.7. The van der Waals surface area contributed by atoms with Crippen LogP contribution in [-0.4, -0.2) is 44.7 Å². The molecule has 0 bridgehead atoms. The van der Waals surface area contributed by atoms with Crippen LogP contribution in [0.3, 0.4) is 0 Å². The summed E-state index contributed by atoms with van der Waals surface area (Å²) in [6.07, 6.45) is 0.340. The van der Waals surface area contributed by atoms with Gasteiger partial charge in [0.05, 0.1) is 10.2 Å². The Kier molecular flexibility index (Phi) is 5.18. The number of nitrogens with zero attached hydrogens (tertiary/aromatic N) is 2. The highest BCUT2D eigenvalue weighted by atomic mass is 32.1. The van der Waals surface area contributed by atoms with Crippen LogP contribution < -0.4 is 0 Å². The van der Waals surface area contributed by atoms with Crippen molar-refractivity contribution in [3.63, 3.8) is 0 Å². The first kappa shape index (κ1) is 17.3. The number of rotatable bonds is 3. The number of carbonyl (C=O) groups is 1. The van der Waals surface area contributed by atoms with E-state index in [9.17, 15) is 15.0 Å². The van der Waals surface area contributed by atoms with Crippen LogP contribution >= 0.6 is 11.3 Å². The van der Waals surface area contributed by atoms with Gasteiger partial charge in [-0.2, -0.15) is 0 Å². The zero-order chi connectivity index (χ0) is 17.3. The molecule has 0 saturated carbocycles. The number of hydrogen-bond donors (Lipinski definition) is 2. The lowest BCUT2D eigenvalue weighted by atomic mass is 10.1. The highest BCUT2D eigenvalue weighted by Crippen LogP contribution is 2.29. The monoisotopic (exact) mass is 348 g/mol. The molecule has 4 unspecified atom stereocenters. The summed E-state index contributed by atoms with van der Waals surface area (Å²) in [7, 11) is 0. The standard InChI is InChI=1S/C18H24N2O3S/c1-11-6-5-7-12(2)20(10-11)18(23)16(22)15(21)17-19-13-8-3-4-9-14(13)24-17/h3-4,8-9,11-12,15-16,21-22H,5-7,10H2,1-2H3. The van der Waals surface area contributed by atoms with Crippen LogP contribution in [0.1, 0.15) is 44.2 Å². The Bertz CT molecular complexity index is 684. The van der Waals surface area contributed by atoms with Gasteiger partial charge in [-0.1, -0.05) is 25.5 Å². The summed E-state index contributed by atoms with van der Waals surface area (Å²) in [5.41, 5.74) is 0.771. The van der Waals surface area contributed by atoms with Gasteiger partial charge >= 0.3 is 0 Å². The van der Waals surface area contributed by atoms with Gasteiger partial charge in [0, 0.05) is 12.6 Å². The molecule has 130 valence electrons. The van der Waals surface area contributed by atoms with Crippen molar-refractivity contribution in [3.8, 4) is 0 Å². The fourth-order valence-electron chi connectivity index (χ4n) is 3.29. The first-order valence-electron chi connectivity index (χ1n) is 8.49. The number of aliphatic hydroxyl groups excluding tert-OH is 2. The van der Waals surface area contributed by atoms with Crippen molar-refractivity contribution >= 4 is 27.5 Å². The third kappa shape index (κ3) is 3.45. The molecule has 1 fully saturated rings. The van der Waals surface area contributed by atoms with Crippen LogP contribution in [0.5, 0.6) is 0 Å². The van der Waals surface area contributed by atoms with Crippen LogP contribution in [0.25, 0.3) is 10.2 Å². The molecule has 0 spiro atoms. The molecular weight excluding hydrogens is 324 g/mol. The van der Waals surface area contributed by atoms with Gasteiger partial charge in [0.2, 0.25) is 0 Å². The molecule has 2 heterocycles. The highest BCUT2D eigenvalue weighted by Gasteiger charge is 2.35. The average Bonchev–Trinajstić information content (AvgIpc) is 2.94. The molecule has 1 amide bonds. The number of fused-ring (bicyclic) bond motifs is 1. The molecule has 1 aliphatic heterocycles. The van der Waals surface area contributed by atoms with Crippen molar-refractivity contribution in [2.45, 2.75) is 51.4 Å². The number of likely N-dealkylation sites (tertiary alicyclic amines) is 1. The van der Waals surface area contributed by atoms with Crippen molar-refractivity contribution in [1.29, 1.82) is 0 Å². The summed E-state index contributed by atoms with van der Waals surface area (Å²) in [6.45, 7) is 4.75. The second-order valence-corrected chi connectivity index (χ2v) is 7.85. The Morgan fingerprint density at radius 1 is 1.29 bits per heavy atom. The minimum absolute atomic E-state index is 0.0830. The molecule has 0 aliphatic carbocycles. The van der Waals surface area contributed by atoms with Gasteiger partial charge in [-0.25, -0.2) is 4.98 Å². The molecule has 1 aromatic heterocycles. The molecule has 3 rings (SSSR count). The number of thiazole rings is 1. The van der Waals surface area contributed by atoms with Gasteiger partial charge in [-0.3, -0.25) is 4.79 Å². The second kappa shape index (κ2) is 7.17. The molecule has 0 radical (unpaired) electrons. The van der Waals surface area contributed by atoms with Gasteiger partial charge in [0.15, 0.2) is 6.10 Å². The van der Waals surface area contributed by atoms with Gasteiger partial charge < -0.3 is 15.1 Å². The first-order chi connectivity index (χ1) is 11.5. The van der Waals surface area contributed by atoms with Crippen LogP contribution in [-0.2, 0) is 4.79 Å². The van der Waals surface area contributed by atoms with Crippen molar-refractivity contribution < 1.29 is 15.0 Å². The van der Waals surface area contributed by atoms with Crippen LogP contribution in [0.15, 0.2) is 24.3 Å². The third-order valence-corrected chi connectivity index (χ3v) is 5.86. The number of para-hydroxylation sites is 1. The second-order valence-electron chi connectivity index (χ2n) is 6.79. The fraction of sp³-hybridized carbons (Fsp3) is 0.556. The van der Waals surface area contributed by atoms with E-state index in [-0.39, 0.29) is 6.04 Å².